The van der Waals surface area contributed by atoms with Crippen LogP contribution in [0.15, 0.2) is 36.4 Å². The van der Waals surface area contributed by atoms with Gasteiger partial charge in [0.05, 0.1) is 24.5 Å². The van der Waals surface area contributed by atoms with Crippen LogP contribution in [0, 0.1) is 11.8 Å². The van der Waals surface area contributed by atoms with E-state index in [1.807, 2.05) is 12.2 Å². The number of amides is 3. The lowest BCUT2D eigenvalue weighted by molar-refractivity contribution is -0.147. The molecule has 0 spiro atoms. The first kappa shape index (κ1) is 18.8. The predicted octanol–water partition coefficient (Wildman–Crippen LogP) is 1.43. The molecule has 3 amide bonds. The molecule has 2 aliphatic rings. The van der Waals surface area contributed by atoms with E-state index in [1.165, 1.54) is 7.11 Å². The van der Waals surface area contributed by atoms with E-state index in [2.05, 4.69) is 10.1 Å². The van der Waals surface area contributed by atoms with Crippen molar-refractivity contribution in [3.8, 4) is 0 Å². The zero-order valence-corrected chi connectivity index (χ0v) is 15.3. The molecule has 3 rings (SSSR count). The maximum Gasteiger partial charge on any atom is 0.337 e. The summed E-state index contributed by atoms with van der Waals surface area (Å²) in [6.45, 7) is 1.80. The summed E-state index contributed by atoms with van der Waals surface area (Å²) in [6, 6.07) is 5.79. The second kappa shape index (κ2) is 7.73. The Labute approximate surface area is 157 Å². The third-order valence-corrected chi connectivity index (χ3v) is 5.15. The van der Waals surface area contributed by atoms with Gasteiger partial charge in [-0.2, -0.15) is 0 Å². The Morgan fingerprint density at radius 2 is 1.67 bits per heavy atom. The number of likely N-dealkylation sites (tertiary alicyclic amines) is 1. The maximum absolute atomic E-state index is 12.5. The molecular weight excluding hydrogens is 348 g/mol. The summed E-state index contributed by atoms with van der Waals surface area (Å²) in [5, 5.41) is 2.74. The molecule has 1 N–H and O–H groups in total. The van der Waals surface area contributed by atoms with E-state index in [1.54, 1.807) is 31.2 Å². The molecule has 1 aromatic carbocycles. The molecule has 0 saturated carbocycles. The quantitative estimate of drug-likeness (QED) is 0.481. The Morgan fingerprint density at radius 1 is 1.11 bits per heavy atom. The van der Waals surface area contributed by atoms with Gasteiger partial charge >= 0.3 is 5.97 Å². The highest BCUT2D eigenvalue weighted by Gasteiger charge is 2.49. The highest BCUT2D eigenvalue weighted by Crippen LogP contribution is 2.36. The van der Waals surface area contributed by atoms with Gasteiger partial charge in [-0.25, -0.2) is 4.79 Å². The molecule has 0 radical (unpaired) electrons. The van der Waals surface area contributed by atoms with Crippen LogP contribution in [0.1, 0.15) is 35.7 Å². The number of hydrogen-bond donors (Lipinski definition) is 1. The number of benzene rings is 1. The molecule has 3 unspecified atom stereocenters. The zero-order chi connectivity index (χ0) is 19.6. The highest BCUT2D eigenvalue weighted by atomic mass is 16.5. The van der Waals surface area contributed by atoms with Crippen LogP contribution >= 0.6 is 0 Å². The van der Waals surface area contributed by atoms with Crippen LogP contribution in [-0.2, 0) is 25.7 Å². The molecule has 3 atom stereocenters. The lowest BCUT2D eigenvalue weighted by Crippen LogP contribution is -2.48. The van der Waals surface area contributed by atoms with Gasteiger partial charge < -0.3 is 10.1 Å². The molecule has 0 bridgehead atoms. The molecule has 142 valence electrons. The lowest BCUT2D eigenvalue weighted by atomic mass is 9.85. The summed E-state index contributed by atoms with van der Waals surface area (Å²) in [5.41, 5.74) is 1.21. The third-order valence-electron chi connectivity index (χ3n) is 5.15. The number of ether oxygens (including phenoxy) is 1. The molecule has 1 fully saturated rings. The molecule has 0 aromatic heterocycles. The van der Waals surface area contributed by atoms with Gasteiger partial charge in [0.25, 0.3) is 0 Å². The average Bonchev–Trinajstić information content (AvgIpc) is 2.96. The van der Waals surface area contributed by atoms with Gasteiger partial charge in [0.1, 0.15) is 6.04 Å². The van der Waals surface area contributed by atoms with Gasteiger partial charge in [0.15, 0.2) is 0 Å². The Kier molecular flexibility index (Phi) is 5.39. The van der Waals surface area contributed by atoms with Crippen molar-refractivity contribution in [2.75, 3.05) is 7.11 Å². The van der Waals surface area contributed by atoms with Gasteiger partial charge in [-0.05, 0) is 37.5 Å². The van der Waals surface area contributed by atoms with Gasteiger partial charge in [-0.3, -0.25) is 19.3 Å². The summed E-state index contributed by atoms with van der Waals surface area (Å²) in [5.74, 6) is -2.03. The number of carbonyl (C=O) groups excluding carboxylic acids is 4. The Hall–Kier alpha value is -2.96. The van der Waals surface area contributed by atoms with E-state index < -0.39 is 12.0 Å². The van der Waals surface area contributed by atoms with Crippen LogP contribution in [0.5, 0.6) is 0 Å². The minimum atomic E-state index is -0.857. The van der Waals surface area contributed by atoms with E-state index >= 15 is 0 Å². The van der Waals surface area contributed by atoms with Crippen molar-refractivity contribution in [2.45, 2.75) is 32.4 Å². The van der Waals surface area contributed by atoms with E-state index in [0.717, 1.165) is 10.5 Å². The summed E-state index contributed by atoms with van der Waals surface area (Å²) in [7, 11) is 1.31. The van der Waals surface area contributed by atoms with Crippen LogP contribution in [0.3, 0.4) is 0 Å². The van der Waals surface area contributed by atoms with Crippen molar-refractivity contribution in [1.29, 1.82) is 0 Å². The van der Waals surface area contributed by atoms with Crippen LogP contribution < -0.4 is 5.32 Å². The Bertz CT molecular complexity index is 773. The average molecular weight is 370 g/mol. The number of hydrogen-bond acceptors (Lipinski definition) is 5. The smallest absolute Gasteiger partial charge is 0.337 e. The SMILES string of the molecule is COC(=O)c1ccc(CNC(=O)C(C)N2C(=O)C3CC=CCC3C2=O)cc1. The monoisotopic (exact) mass is 370 g/mol. The topological polar surface area (TPSA) is 92.8 Å². The van der Waals surface area contributed by atoms with Gasteiger partial charge in [-0.15, -0.1) is 0 Å². The summed E-state index contributed by atoms with van der Waals surface area (Å²) < 4.78 is 4.64. The molecule has 7 heteroatoms. The molecular formula is C20H22N2O5. The minimum absolute atomic E-state index is 0.231. The molecule has 7 nitrogen and oxygen atoms in total. The maximum atomic E-state index is 12.5. The van der Waals surface area contributed by atoms with Crippen molar-refractivity contribution in [2.24, 2.45) is 11.8 Å². The molecule has 1 aliphatic heterocycles. The summed E-state index contributed by atoms with van der Waals surface area (Å²) >= 11 is 0. The largest absolute Gasteiger partial charge is 0.465 e. The van der Waals surface area contributed by atoms with Gasteiger partial charge in [0, 0.05) is 6.54 Å². The minimum Gasteiger partial charge on any atom is -0.465 e. The predicted molar refractivity (Wildman–Crippen MR) is 96.3 cm³/mol. The summed E-state index contributed by atoms with van der Waals surface area (Å²) in [4.78, 5) is 50.1. The molecule has 1 aromatic rings. The number of fused-ring (bicyclic) bond motifs is 1. The molecule has 27 heavy (non-hydrogen) atoms. The first-order valence-electron chi connectivity index (χ1n) is 8.91. The highest BCUT2D eigenvalue weighted by molar-refractivity contribution is 6.08. The van der Waals surface area contributed by atoms with Gasteiger partial charge in [0.2, 0.25) is 17.7 Å². The first-order valence-corrected chi connectivity index (χ1v) is 8.91. The normalized spacial score (nSPS) is 22.4. The van der Waals surface area contributed by atoms with E-state index in [9.17, 15) is 19.2 Å². The van der Waals surface area contributed by atoms with Crippen LogP contribution in [0.4, 0.5) is 0 Å². The number of nitrogens with zero attached hydrogens (tertiary/aromatic N) is 1. The number of carbonyl (C=O) groups is 4. The molecule has 1 heterocycles. The van der Waals surface area contributed by atoms with Crippen LogP contribution in [0.2, 0.25) is 0 Å². The van der Waals surface area contributed by atoms with Crippen LogP contribution in [0.25, 0.3) is 0 Å². The van der Waals surface area contributed by atoms with Crippen molar-refractivity contribution in [3.05, 3.63) is 47.5 Å². The number of imide groups is 1. The zero-order valence-electron chi connectivity index (χ0n) is 15.3. The number of methoxy groups -OCH3 is 1. The standard InChI is InChI=1S/C20H22N2O5/c1-12(22-18(24)15-5-3-4-6-16(15)19(22)25)17(23)21-11-13-7-9-14(10-8-13)20(26)27-2/h3-4,7-10,12,15-16H,5-6,11H2,1-2H3,(H,21,23). The van der Waals surface area contributed by atoms with E-state index in [-0.39, 0.29) is 36.1 Å². The Balaban J connectivity index is 1.60. The Morgan fingerprint density at radius 3 is 2.19 bits per heavy atom. The molecule has 1 aliphatic carbocycles. The first-order chi connectivity index (χ1) is 12.9. The fourth-order valence-electron chi connectivity index (χ4n) is 3.54. The second-order valence-electron chi connectivity index (χ2n) is 6.78. The van der Waals surface area contributed by atoms with Crippen molar-refractivity contribution < 1.29 is 23.9 Å². The van der Waals surface area contributed by atoms with Crippen molar-refractivity contribution in [3.63, 3.8) is 0 Å². The van der Waals surface area contributed by atoms with Crippen molar-refractivity contribution >= 4 is 23.7 Å². The summed E-state index contributed by atoms with van der Waals surface area (Å²) in [6.07, 6.45) is 4.93. The fourth-order valence-corrected chi connectivity index (χ4v) is 3.54. The lowest BCUT2D eigenvalue weighted by Gasteiger charge is -2.22. The van der Waals surface area contributed by atoms with Gasteiger partial charge in [-0.1, -0.05) is 24.3 Å². The number of rotatable bonds is 5. The molecule has 1 saturated heterocycles. The van der Waals surface area contributed by atoms with Crippen LogP contribution in [-0.4, -0.2) is 41.7 Å². The number of esters is 1. The van der Waals surface area contributed by atoms with Crippen molar-refractivity contribution in [1.82, 2.24) is 10.2 Å². The third kappa shape index (κ3) is 3.63. The van der Waals surface area contributed by atoms with E-state index in [0.29, 0.717) is 18.4 Å². The fraction of sp³-hybridized carbons (Fsp3) is 0.400. The second-order valence-corrected chi connectivity index (χ2v) is 6.78. The number of allylic oxidation sites excluding steroid dienone is 2. The number of nitrogens with one attached hydrogen (secondary N) is 1. The van der Waals surface area contributed by atoms with E-state index in [4.69, 9.17) is 0 Å².